The van der Waals surface area contributed by atoms with E-state index in [4.69, 9.17) is 0 Å². The van der Waals surface area contributed by atoms with Gasteiger partial charge >= 0.3 is 6.18 Å². The van der Waals surface area contributed by atoms with Crippen LogP contribution < -0.4 is 0 Å². The van der Waals surface area contributed by atoms with E-state index in [-0.39, 0.29) is 22.3 Å². The zero-order valence-electron chi connectivity index (χ0n) is 41.0. The lowest BCUT2D eigenvalue weighted by Gasteiger charge is -2.21. The molecule has 4 nitrogen and oxygen atoms in total. The Morgan fingerprint density at radius 1 is 0.351 bits per heavy atom. The summed E-state index contributed by atoms with van der Waals surface area (Å²) in [6, 6.07) is 70.1. The van der Waals surface area contributed by atoms with E-state index in [2.05, 4.69) is 182 Å². The zero-order chi connectivity index (χ0) is 51.0. The molecule has 354 valence electrons. The van der Waals surface area contributed by atoms with Gasteiger partial charge in [0.05, 0.1) is 50.6 Å². The number of alkyl halides is 3. The van der Waals surface area contributed by atoms with Crippen molar-refractivity contribution in [3.8, 4) is 79.1 Å². The maximum absolute atomic E-state index is 15.5. The third kappa shape index (κ3) is 7.78. The second-order valence-electron chi connectivity index (χ2n) is 19.4. The van der Waals surface area contributed by atoms with Crippen molar-refractivity contribution in [2.24, 2.45) is 0 Å². The summed E-state index contributed by atoms with van der Waals surface area (Å²) in [5, 5.41) is 26.2. The topological polar surface area (TPSA) is 57.4 Å². The van der Waals surface area contributed by atoms with Crippen molar-refractivity contribution in [2.45, 2.75) is 33.9 Å². The van der Waals surface area contributed by atoms with E-state index in [1.165, 1.54) is 12.1 Å². The number of hydrogen-bond acceptors (Lipinski definition) is 2. The van der Waals surface area contributed by atoms with Gasteiger partial charge in [-0.25, -0.2) is 0 Å². The van der Waals surface area contributed by atoms with Gasteiger partial charge in [0, 0.05) is 27.1 Å². The molecular formula is C67H45F3N4. The first-order valence-electron chi connectivity index (χ1n) is 24.5. The number of fused-ring (bicyclic) bond motifs is 6. The van der Waals surface area contributed by atoms with E-state index < -0.39 is 11.7 Å². The number of aryl methyl sites for hydroxylation is 4. The second-order valence-corrected chi connectivity index (χ2v) is 19.4. The predicted molar refractivity (Wildman–Crippen MR) is 296 cm³/mol. The molecule has 0 spiro atoms. The molecule has 0 saturated carbocycles. The highest BCUT2D eigenvalue weighted by Crippen LogP contribution is 2.46. The van der Waals surface area contributed by atoms with E-state index in [0.717, 1.165) is 116 Å². The molecule has 0 amide bonds. The van der Waals surface area contributed by atoms with Crippen LogP contribution in [0.2, 0.25) is 0 Å². The second kappa shape index (κ2) is 17.7. The van der Waals surface area contributed by atoms with Crippen LogP contribution in [0.3, 0.4) is 0 Å². The van der Waals surface area contributed by atoms with E-state index in [9.17, 15) is 10.5 Å². The van der Waals surface area contributed by atoms with Crippen LogP contribution in [0.5, 0.6) is 0 Å². The first kappa shape index (κ1) is 45.7. The molecule has 2 aromatic heterocycles. The Labute approximate surface area is 426 Å². The summed E-state index contributed by atoms with van der Waals surface area (Å²) in [5.74, 6) is 0. The number of hydrogen-bond donors (Lipinski definition) is 0. The van der Waals surface area contributed by atoms with Crippen LogP contribution in [0.25, 0.3) is 111 Å². The number of aromatic nitrogens is 2. The lowest BCUT2D eigenvalue weighted by atomic mass is 9.92. The molecular weight excluding hydrogens is 918 g/mol. The Morgan fingerprint density at radius 3 is 0.946 bits per heavy atom. The molecule has 0 unspecified atom stereocenters. The van der Waals surface area contributed by atoms with Crippen molar-refractivity contribution in [3.63, 3.8) is 0 Å². The first-order chi connectivity index (χ1) is 35.8. The lowest BCUT2D eigenvalue weighted by Crippen LogP contribution is -2.10. The van der Waals surface area contributed by atoms with Crippen LogP contribution >= 0.6 is 0 Å². The van der Waals surface area contributed by atoms with Gasteiger partial charge in [-0.1, -0.05) is 174 Å². The SMILES string of the molecule is Cc1ccc(-c2ccc3c4ccc(-c5ccc(C)cc5)cc4n(-c4cc(-c5c(C#N)cccc5C(F)(F)F)cc(-n5c6cc(-c7ccc(C)cc7)ccc6c6ccc(-c7ccc(C)cc7)cc65)c4C#N)c3c2)cc1. The smallest absolute Gasteiger partial charge is 0.308 e. The summed E-state index contributed by atoms with van der Waals surface area (Å²) >= 11 is 0. The van der Waals surface area contributed by atoms with Crippen molar-refractivity contribution >= 4 is 43.6 Å². The molecule has 0 saturated heterocycles. The van der Waals surface area contributed by atoms with Gasteiger partial charge in [0.25, 0.3) is 0 Å². The van der Waals surface area contributed by atoms with Crippen LogP contribution in [0.4, 0.5) is 13.2 Å². The molecule has 0 radical (unpaired) electrons. The summed E-state index contributed by atoms with van der Waals surface area (Å²) < 4.78 is 50.7. The minimum atomic E-state index is -4.83. The molecule has 0 atom stereocenters. The van der Waals surface area contributed by atoms with Gasteiger partial charge in [-0.15, -0.1) is 0 Å². The summed E-state index contributed by atoms with van der Waals surface area (Å²) in [4.78, 5) is 0. The predicted octanol–water partition coefficient (Wildman–Crippen LogP) is 18.2. The summed E-state index contributed by atoms with van der Waals surface area (Å²) in [6.07, 6.45) is -4.83. The molecule has 0 aliphatic heterocycles. The van der Waals surface area contributed by atoms with Crippen molar-refractivity contribution < 1.29 is 13.2 Å². The minimum absolute atomic E-state index is 0.136. The molecule has 12 rings (SSSR count). The third-order valence-electron chi connectivity index (χ3n) is 14.5. The molecule has 10 aromatic carbocycles. The van der Waals surface area contributed by atoms with Crippen molar-refractivity contribution in [1.29, 1.82) is 10.5 Å². The van der Waals surface area contributed by atoms with Crippen LogP contribution in [0.15, 0.2) is 200 Å². The summed E-state index contributed by atoms with van der Waals surface area (Å²) in [6.45, 7) is 8.18. The van der Waals surface area contributed by atoms with Crippen molar-refractivity contribution in [3.05, 3.63) is 239 Å². The highest BCUT2D eigenvalue weighted by molar-refractivity contribution is 6.13. The average Bonchev–Trinajstić information content (AvgIpc) is 3.91. The van der Waals surface area contributed by atoms with Crippen LogP contribution in [-0.2, 0) is 6.18 Å². The maximum Gasteiger partial charge on any atom is 0.417 e. The largest absolute Gasteiger partial charge is 0.417 e. The molecule has 2 heterocycles. The van der Waals surface area contributed by atoms with Gasteiger partial charge in [0.15, 0.2) is 0 Å². The molecule has 7 heteroatoms. The fraction of sp³-hybridized carbons (Fsp3) is 0.0746. The lowest BCUT2D eigenvalue weighted by molar-refractivity contribution is -0.137. The summed E-state index contributed by atoms with van der Waals surface area (Å²) in [7, 11) is 0. The minimum Gasteiger partial charge on any atom is -0.308 e. The number of nitrogens with zero attached hydrogens (tertiary/aromatic N) is 4. The third-order valence-corrected chi connectivity index (χ3v) is 14.5. The van der Waals surface area contributed by atoms with Gasteiger partial charge in [-0.2, -0.15) is 23.7 Å². The molecule has 0 aliphatic rings. The quantitative estimate of drug-likeness (QED) is 0.160. The fourth-order valence-electron chi connectivity index (χ4n) is 10.7. The van der Waals surface area contributed by atoms with Gasteiger partial charge in [0.2, 0.25) is 0 Å². The monoisotopic (exact) mass is 962 g/mol. The van der Waals surface area contributed by atoms with Crippen LogP contribution in [0.1, 0.15) is 38.9 Å². The molecule has 0 aliphatic carbocycles. The van der Waals surface area contributed by atoms with E-state index in [1.807, 2.05) is 36.8 Å². The molecule has 0 fully saturated rings. The van der Waals surface area contributed by atoms with Crippen LogP contribution in [-0.4, -0.2) is 9.13 Å². The van der Waals surface area contributed by atoms with Gasteiger partial charge < -0.3 is 9.13 Å². The molecule has 74 heavy (non-hydrogen) atoms. The van der Waals surface area contributed by atoms with E-state index >= 15 is 13.2 Å². The molecule has 12 aromatic rings. The van der Waals surface area contributed by atoms with Crippen molar-refractivity contribution in [2.75, 3.05) is 0 Å². The average molecular weight is 963 g/mol. The number of benzene rings is 10. The number of halogens is 3. The van der Waals surface area contributed by atoms with E-state index in [1.54, 1.807) is 12.1 Å². The molecule has 0 N–H and O–H groups in total. The maximum atomic E-state index is 15.5. The standard InChI is InChI=1S/C67H45F3N4/c1-40-8-16-44(17-9-40)48-24-28-54-55-29-25-49(45-18-10-41(2)11-19-45)33-61(55)73(60(54)32-48)64-36-53(66-52(38-71)6-5-7-59(66)67(68,69)70)37-65(58(64)39-72)74-62-34-50(46-20-12-42(3)13-21-46)26-30-56(62)57-31-27-51(35-63(57)74)47-22-14-43(4)15-23-47/h5-37H,1-4H3. The van der Waals surface area contributed by atoms with Crippen molar-refractivity contribution in [1.82, 2.24) is 9.13 Å². The number of rotatable bonds is 7. The summed E-state index contributed by atoms with van der Waals surface area (Å²) in [5.41, 5.74) is 14.9. The van der Waals surface area contributed by atoms with Crippen LogP contribution in [0, 0.1) is 50.4 Å². The normalized spacial score (nSPS) is 11.7. The fourth-order valence-corrected chi connectivity index (χ4v) is 10.7. The van der Waals surface area contributed by atoms with E-state index in [0.29, 0.717) is 11.4 Å². The first-order valence-corrected chi connectivity index (χ1v) is 24.5. The number of nitriles is 2. The van der Waals surface area contributed by atoms with Gasteiger partial charge in [-0.3, -0.25) is 0 Å². The Bertz CT molecular complexity index is 3870. The zero-order valence-corrected chi connectivity index (χ0v) is 41.0. The Hall–Kier alpha value is -9.43. The Kier molecular flexibility index (Phi) is 10.9. The van der Waals surface area contributed by atoms with Gasteiger partial charge in [0.1, 0.15) is 11.6 Å². The highest BCUT2D eigenvalue weighted by Gasteiger charge is 2.36. The Morgan fingerprint density at radius 2 is 0.662 bits per heavy atom. The highest BCUT2D eigenvalue weighted by atomic mass is 19.4. The van der Waals surface area contributed by atoms with Gasteiger partial charge in [-0.05, 0) is 126 Å². The Balaban J connectivity index is 1.26. The molecule has 0 bridgehead atoms.